The standard InChI is InChI=1S/C18H21FN2O3S/c1-25-12-9-15(21-18(23)16-3-2-11-24-16)17(22)20-10-8-13-4-6-14(19)7-5-13/h2-7,11,15H,8-10,12H2,1H3,(H,20,22)(H,21,23)/t15-/m1/s1. The first-order valence-electron chi connectivity index (χ1n) is 7.95. The molecule has 0 fully saturated rings. The predicted octanol–water partition coefficient (Wildman–Crippen LogP) is 2.63. The van der Waals surface area contributed by atoms with E-state index in [0.29, 0.717) is 19.4 Å². The van der Waals surface area contributed by atoms with Crippen molar-refractivity contribution in [3.05, 3.63) is 59.8 Å². The number of amides is 2. The lowest BCUT2D eigenvalue weighted by atomic mass is 10.1. The number of carbonyl (C=O) groups excluding carboxylic acids is 2. The lowest BCUT2D eigenvalue weighted by Crippen LogP contribution is -2.47. The molecule has 1 heterocycles. The van der Waals surface area contributed by atoms with E-state index in [9.17, 15) is 14.0 Å². The quantitative estimate of drug-likeness (QED) is 0.718. The minimum Gasteiger partial charge on any atom is -0.459 e. The molecule has 0 aliphatic rings. The molecule has 0 bridgehead atoms. The van der Waals surface area contributed by atoms with Crippen molar-refractivity contribution in [2.24, 2.45) is 0 Å². The first-order chi connectivity index (χ1) is 12.1. The summed E-state index contributed by atoms with van der Waals surface area (Å²) in [4.78, 5) is 24.5. The van der Waals surface area contributed by atoms with Crippen LogP contribution < -0.4 is 10.6 Å². The monoisotopic (exact) mass is 364 g/mol. The molecule has 2 aromatic rings. The molecule has 1 atom stereocenters. The smallest absolute Gasteiger partial charge is 0.287 e. The number of nitrogens with one attached hydrogen (secondary N) is 2. The van der Waals surface area contributed by atoms with Gasteiger partial charge >= 0.3 is 0 Å². The number of benzene rings is 1. The number of hydrogen-bond donors (Lipinski definition) is 2. The van der Waals surface area contributed by atoms with Gasteiger partial charge in [-0.05, 0) is 54.7 Å². The summed E-state index contributed by atoms with van der Waals surface area (Å²) in [5, 5.41) is 5.52. The van der Waals surface area contributed by atoms with E-state index in [1.807, 2.05) is 6.26 Å². The highest BCUT2D eigenvalue weighted by Gasteiger charge is 2.21. The van der Waals surface area contributed by atoms with Gasteiger partial charge in [0.1, 0.15) is 11.9 Å². The average Bonchev–Trinajstić information content (AvgIpc) is 3.14. The van der Waals surface area contributed by atoms with Gasteiger partial charge in [-0.1, -0.05) is 12.1 Å². The Labute approximate surface area is 150 Å². The molecule has 2 rings (SSSR count). The summed E-state index contributed by atoms with van der Waals surface area (Å²) in [6, 6.07) is 8.70. The molecule has 0 saturated carbocycles. The summed E-state index contributed by atoms with van der Waals surface area (Å²) in [6.07, 6.45) is 4.47. The molecule has 1 aromatic heterocycles. The van der Waals surface area contributed by atoms with E-state index in [0.717, 1.165) is 11.3 Å². The van der Waals surface area contributed by atoms with Gasteiger partial charge in [0.15, 0.2) is 5.76 Å². The Balaban J connectivity index is 1.86. The third-order valence-electron chi connectivity index (χ3n) is 3.60. The van der Waals surface area contributed by atoms with Crippen LogP contribution in [0.3, 0.4) is 0 Å². The first-order valence-corrected chi connectivity index (χ1v) is 9.35. The second-order valence-electron chi connectivity index (χ2n) is 5.45. The van der Waals surface area contributed by atoms with E-state index >= 15 is 0 Å². The lowest BCUT2D eigenvalue weighted by molar-refractivity contribution is -0.123. The van der Waals surface area contributed by atoms with Gasteiger partial charge < -0.3 is 15.1 Å². The van der Waals surface area contributed by atoms with Crippen molar-refractivity contribution < 1.29 is 18.4 Å². The predicted molar refractivity (Wildman–Crippen MR) is 96.1 cm³/mol. The van der Waals surface area contributed by atoms with Crippen LogP contribution in [0.25, 0.3) is 0 Å². The molecule has 0 aliphatic carbocycles. The van der Waals surface area contributed by atoms with Gasteiger partial charge in [0, 0.05) is 6.54 Å². The van der Waals surface area contributed by atoms with Gasteiger partial charge in [-0.3, -0.25) is 9.59 Å². The zero-order valence-corrected chi connectivity index (χ0v) is 14.8. The summed E-state index contributed by atoms with van der Waals surface area (Å²) in [6.45, 7) is 0.414. The van der Waals surface area contributed by atoms with E-state index in [4.69, 9.17) is 4.42 Å². The minimum atomic E-state index is -0.627. The Morgan fingerprint density at radius 3 is 2.64 bits per heavy atom. The first kappa shape index (κ1) is 19.1. The molecule has 2 N–H and O–H groups in total. The largest absolute Gasteiger partial charge is 0.459 e. The van der Waals surface area contributed by atoms with Crippen LogP contribution in [0.2, 0.25) is 0 Å². The van der Waals surface area contributed by atoms with Crippen LogP contribution in [-0.4, -0.2) is 36.4 Å². The number of halogens is 1. The number of furan rings is 1. The fourth-order valence-electron chi connectivity index (χ4n) is 2.25. The zero-order chi connectivity index (χ0) is 18.1. The molecule has 0 unspecified atom stereocenters. The summed E-state index contributed by atoms with van der Waals surface area (Å²) in [5.41, 5.74) is 0.932. The highest BCUT2D eigenvalue weighted by Crippen LogP contribution is 2.06. The van der Waals surface area contributed by atoms with Gasteiger partial charge in [-0.15, -0.1) is 0 Å². The maximum Gasteiger partial charge on any atom is 0.287 e. The van der Waals surface area contributed by atoms with Crippen LogP contribution in [0.1, 0.15) is 22.5 Å². The zero-order valence-electron chi connectivity index (χ0n) is 14.0. The fraction of sp³-hybridized carbons (Fsp3) is 0.333. The molecule has 0 spiro atoms. The molecule has 2 amide bonds. The maximum absolute atomic E-state index is 12.9. The van der Waals surface area contributed by atoms with Crippen LogP contribution in [0.4, 0.5) is 4.39 Å². The van der Waals surface area contributed by atoms with Crippen molar-refractivity contribution in [2.75, 3.05) is 18.6 Å². The second-order valence-corrected chi connectivity index (χ2v) is 6.44. The van der Waals surface area contributed by atoms with Crippen LogP contribution in [0, 0.1) is 5.82 Å². The Bertz CT molecular complexity index is 674. The molecular weight excluding hydrogens is 343 g/mol. The molecule has 0 aliphatic heterocycles. The molecule has 25 heavy (non-hydrogen) atoms. The van der Waals surface area contributed by atoms with E-state index < -0.39 is 11.9 Å². The van der Waals surface area contributed by atoms with Gasteiger partial charge in [0.2, 0.25) is 5.91 Å². The SMILES string of the molecule is CSCC[C@@H](NC(=O)c1ccco1)C(=O)NCCc1ccc(F)cc1. The number of thioether (sulfide) groups is 1. The van der Waals surface area contributed by atoms with Gasteiger partial charge in [0.05, 0.1) is 6.26 Å². The van der Waals surface area contributed by atoms with Crippen LogP contribution >= 0.6 is 11.8 Å². The normalized spacial score (nSPS) is 11.8. The maximum atomic E-state index is 12.9. The summed E-state index contributed by atoms with van der Waals surface area (Å²) >= 11 is 1.60. The molecule has 1 aromatic carbocycles. The summed E-state index contributed by atoms with van der Waals surface area (Å²) in [7, 11) is 0. The van der Waals surface area contributed by atoms with E-state index in [-0.39, 0.29) is 17.5 Å². The Morgan fingerprint density at radius 2 is 2.00 bits per heavy atom. The molecule has 0 saturated heterocycles. The van der Waals surface area contributed by atoms with Gasteiger partial charge in [-0.25, -0.2) is 4.39 Å². The Morgan fingerprint density at radius 1 is 1.24 bits per heavy atom. The van der Waals surface area contributed by atoms with Gasteiger partial charge in [0.25, 0.3) is 5.91 Å². The third-order valence-corrected chi connectivity index (χ3v) is 4.25. The summed E-state index contributed by atoms with van der Waals surface area (Å²) < 4.78 is 17.9. The van der Waals surface area contributed by atoms with Crippen LogP contribution in [0.15, 0.2) is 47.1 Å². The topological polar surface area (TPSA) is 71.3 Å². The van der Waals surface area contributed by atoms with Crippen molar-refractivity contribution in [2.45, 2.75) is 18.9 Å². The summed E-state index contributed by atoms with van der Waals surface area (Å²) in [5.74, 6) is -0.0197. The van der Waals surface area contributed by atoms with E-state index in [2.05, 4.69) is 10.6 Å². The Kier molecular flexibility index (Phi) is 7.53. The van der Waals surface area contributed by atoms with Crippen LogP contribution in [0.5, 0.6) is 0 Å². The van der Waals surface area contributed by atoms with Gasteiger partial charge in [-0.2, -0.15) is 11.8 Å². The van der Waals surface area contributed by atoms with Crippen molar-refractivity contribution in [3.8, 4) is 0 Å². The molecule has 7 heteroatoms. The van der Waals surface area contributed by atoms with Crippen molar-refractivity contribution in [1.29, 1.82) is 0 Å². The average molecular weight is 364 g/mol. The fourth-order valence-corrected chi connectivity index (χ4v) is 2.72. The minimum absolute atomic E-state index is 0.174. The number of hydrogen-bond acceptors (Lipinski definition) is 4. The molecule has 5 nitrogen and oxygen atoms in total. The van der Waals surface area contributed by atoms with Crippen molar-refractivity contribution >= 4 is 23.6 Å². The highest BCUT2D eigenvalue weighted by atomic mass is 32.2. The van der Waals surface area contributed by atoms with Crippen molar-refractivity contribution in [3.63, 3.8) is 0 Å². The second kappa shape index (κ2) is 9.88. The number of rotatable bonds is 9. The third kappa shape index (κ3) is 6.26. The molecule has 0 radical (unpaired) electrons. The lowest BCUT2D eigenvalue weighted by Gasteiger charge is -2.17. The molecular formula is C18H21FN2O3S. The van der Waals surface area contributed by atoms with E-state index in [1.54, 1.807) is 36.0 Å². The van der Waals surface area contributed by atoms with E-state index in [1.165, 1.54) is 18.4 Å². The molecule has 134 valence electrons. The van der Waals surface area contributed by atoms with Crippen molar-refractivity contribution in [1.82, 2.24) is 10.6 Å². The number of carbonyl (C=O) groups is 2. The highest BCUT2D eigenvalue weighted by molar-refractivity contribution is 7.98. The van der Waals surface area contributed by atoms with Crippen LogP contribution in [-0.2, 0) is 11.2 Å². The Hall–Kier alpha value is -2.28.